The molecule has 2 aliphatic rings. The summed E-state index contributed by atoms with van der Waals surface area (Å²) in [5.74, 6) is 0.316. The fraction of sp³-hybridized carbons (Fsp3) is 0.611. The van der Waals surface area contributed by atoms with Crippen LogP contribution in [0.1, 0.15) is 24.3 Å². The number of aryl methyl sites for hydroxylation is 2. The first-order chi connectivity index (χ1) is 12.6. The summed E-state index contributed by atoms with van der Waals surface area (Å²) in [4.78, 5) is 15.3. The van der Waals surface area contributed by atoms with Gasteiger partial charge in [-0.1, -0.05) is 0 Å². The van der Waals surface area contributed by atoms with Crippen LogP contribution in [-0.4, -0.2) is 57.7 Å². The highest BCUT2D eigenvalue weighted by molar-refractivity contribution is 5.85. The van der Waals surface area contributed by atoms with E-state index in [4.69, 9.17) is 0 Å². The summed E-state index contributed by atoms with van der Waals surface area (Å²) in [6.07, 6.45) is 9.92. The van der Waals surface area contributed by atoms with Crippen LogP contribution in [0.15, 0.2) is 24.8 Å². The summed E-state index contributed by atoms with van der Waals surface area (Å²) in [6, 6.07) is 0.187. The molecule has 2 aromatic heterocycles. The van der Waals surface area contributed by atoms with E-state index in [1.54, 1.807) is 4.68 Å². The smallest absolute Gasteiger partial charge is 0.225 e. The molecule has 28 heavy (non-hydrogen) atoms. The number of nitrogens with zero attached hydrogens (tertiary/aromatic N) is 5. The minimum atomic E-state index is -0.0343. The highest BCUT2D eigenvalue weighted by Crippen LogP contribution is 2.28. The summed E-state index contributed by atoms with van der Waals surface area (Å²) in [5.41, 5.74) is 2.26. The molecule has 4 rings (SSSR count). The van der Waals surface area contributed by atoms with Gasteiger partial charge in [0, 0.05) is 64.6 Å². The molecule has 156 valence electrons. The average Bonchev–Trinajstić information content (AvgIpc) is 3.35. The molecule has 1 amide bonds. The number of rotatable bonds is 4. The number of aromatic nitrogens is 4. The molecule has 0 saturated carbocycles. The van der Waals surface area contributed by atoms with Gasteiger partial charge in [0.05, 0.1) is 24.0 Å². The van der Waals surface area contributed by atoms with Gasteiger partial charge in [-0.15, -0.1) is 24.8 Å². The third kappa shape index (κ3) is 4.79. The maximum Gasteiger partial charge on any atom is 0.225 e. The highest BCUT2D eigenvalue weighted by Gasteiger charge is 2.36. The fourth-order valence-electron chi connectivity index (χ4n) is 4.15. The van der Waals surface area contributed by atoms with Crippen molar-refractivity contribution < 1.29 is 4.79 Å². The lowest BCUT2D eigenvalue weighted by atomic mass is 9.89. The number of nitrogens with one attached hydrogen (secondary N) is 2. The van der Waals surface area contributed by atoms with Crippen molar-refractivity contribution >= 4 is 36.4 Å². The molecular formula is C18H29Cl2N7O. The lowest BCUT2D eigenvalue weighted by Gasteiger charge is -2.34. The zero-order valence-electron chi connectivity index (χ0n) is 16.2. The molecule has 2 aromatic rings. The van der Waals surface area contributed by atoms with Gasteiger partial charge in [-0.3, -0.25) is 14.2 Å². The second-order valence-corrected chi connectivity index (χ2v) is 7.48. The summed E-state index contributed by atoms with van der Waals surface area (Å²) >= 11 is 0. The van der Waals surface area contributed by atoms with Crippen LogP contribution in [0, 0.1) is 5.92 Å². The number of carbonyl (C=O) groups is 1. The van der Waals surface area contributed by atoms with E-state index in [1.165, 1.54) is 0 Å². The minimum absolute atomic E-state index is 0. The third-order valence-corrected chi connectivity index (χ3v) is 5.53. The fourth-order valence-corrected chi connectivity index (χ4v) is 4.15. The molecule has 2 fully saturated rings. The molecule has 2 saturated heterocycles. The van der Waals surface area contributed by atoms with Crippen LogP contribution in [0.3, 0.4) is 0 Å². The van der Waals surface area contributed by atoms with E-state index in [0.717, 1.165) is 50.3 Å². The van der Waals surface area contributed by atoms with Crippen molar-refractivity contribution in [2.24, 2.45) is 20.0 Å². The van der Waals surface area contributed by atoms with Crippen molar-refractivity contribution in [1.82, 2.24) is 30.2 Å². The number of amides is 1. The van der Waals surface area contributed by atoms with Gasteiger partial charge in [0.1, 0.15) is 0 Å². The first kappa shape index (κ1) is 22.5. The molecule has 0 spiro atoms. The maximum absolute atomic E-state index is 12.9. The van der Waals surface area contributed by atoms with Gasteiger partial charge in [-0.05, 0) is 18.4 Å². The maximum atomic E-state index is 12.9. The van der Waals surface area contributed by atoms with Gasteiger partial charge in [0.25, 0.3) is 0 Å². The molecule has 0 aliphatic carbocycles. The number of hydrogen-bond acceptors (Lipinski definition) is 5. The summed E-state index contributed by atoms with van der Waals surface area (Å²) < 4.78 is 3.62. The van der Waals surface area contributed by atoms with Crippen molar-refractivity contribution in [2.45, 2.75) is 24.8 Å². The zero-order valence-corrected chi connectivity index (χ0v) is 17.9. The molecule has 10 heteroatoms. The Morgan fingerprint density at radius 1 is 1.14 bits per heavy atom. The van der Waals surface area contributed by atoms with Gasteiger partial charge in [0.15, 0.2) is 0 Å². The van der Waals surface area contributed by atoms with Crippen LogP contribution in [0.4, 0.5) is 5.69 Å². The van der Waals surface area contributed by atoms with E-state index >= 15 is 0 Å². The molecule has 8 nitrogen and oxygen atoms in total. The number of piperidine rings is 1. The Labute approximate surface area is 177 Å². The number of carbonyl (C=O) groups excluding carboxylic acids is 1. The molecular weight excluding hydrogens is 401 g/mol. The van der Waals surface area contributed by atoms with E-state index < -0.39 is 0 Å². The van der Waals surface area contributed by atoms with E-state index in [2.05, 4.69) is 25.7 Å². The second-order valence-electron chi connectivity index (χ2n) is 7.48. The monoisotopic (exact) mass is 429 g/mol. The first-order valence-electron chi connectivity index (χ1n) is 9.33. The Hall–Kier alpha value is -1.77. The van der Waals surface area contributed by atoms with Crippen LogP contribution in [-0.2, 0) is 18.9 Å². The van der Waals surface area contributed by atoms with E-state index in [0.29, 0.717) is 0 Å². The lowest BCUT2D eigenvalue weighted by Crippen LogP contribution is -2.50. The SMILES string of the molecule is Cl.Cl.Cn1cc([C@H]2CNC[C@@H]2C(=O)NC2CCCN(c3cnn(C)c3)C2)cn1. The Morgan fingerprint density at radius 3 is 2.57 bits per heavy atom. The highest BCUT2D eigenvalue weighted by atomic mass is 35.5. The second kappa shape index (κ2) is 9.62. The summed E-state index contributed by atoms with van der Waals surface area (Å²) in [7, 11) is 3.84. The predicted octanol–water partition coefficient (Wildman–Crippen LogP) is 1.09. The molecule has 2 N–H and O–H groups in total. The van der Waals surface area contributed by atoms with Crippen LogP contribution in [0.2, 0.25) is 0 Å². The van der Waals surface area contributed by atoms with E-state index in [9.17, 15) is 4.79 Å². The van der Waals surface area contributed by atoms with Crippen molar-refractivity contribution in [3.05, 3.63) is 30.4 Å². The normalized spacial score (nSPS) is 24.4. The summed E-state index contributed by atoms with van der Waals surface area (Å²) in [5, 5.41) is 15.2. The Balaban J connectivity index is 0.00000140. The van der Waals surface area contributed by atoms with Crippen molar-refractivity contribution in [1.29, 1.82) is 0 Å². The van der Waals surface area contributed by atoms with Crippen molar-refractivity contribution in [3.63, 3.8) is 0 Å². The molecule has 1 unspecified atom stereocenters. The van der Waals surface area contributed by atoms with Crippen LogP contribution in [0.5, 0.6) is 0 Å². The Morgan fingerprint density at radius 2 is 1.89 bits per heavy atom. The molecule has 0 bridgehead atoms. The zero-order chi connectivity index (χ0) is 18.1. The van der Waals surface area contributed by atoms with E-state index in [1.807, 2.05) is 43.6 Å². The topological polar surface area (TPSA) is 80.0 Å². The summed E-state index contributed by atoms with van der Waals surface area (Å²) in [6.45, 7) is 3.41. The largest absolute Gasteiger partial charge is 0.367 e. The molecule has 2 aliphatic heterocycles. The van der Waals surface area contributed by atoms with Gasteiger partial charge in [0.2, 0.25) is 5.91 Å². The quantitative estimate of drug-likeness (QED) is 0.759. The number of anilines is 1. The first-order valence-corrected chi connectivity index (χ1v) is 9.33. The molecule has 0 aromatic carbocycles. The minimum Gasteiger partial charge on any atom is -0.367 e. The van der Waals surface area contributed by atoms with Gasteiger partial charge >= 0.3 is 0 Å². The average molecular weight is 430 g/mol. The number of hydrogen-bond donors (Lipinski definition) is 2. The van der Waals surface area contributed by atoms with Crippen molar-refractivity contribution in [2.75, 3.05) is 31.1 Å². The van der Waals surface area contributed by atoms with Gasteiger partial charge < -0.3 is 15.5 Å². The predicted molar refractivity (Wildman–Crippen MR) is 113 cm³/mol. The van der Waals surface area contributed by atoms with Crippen LogP contribution < -0.4 is 15.5 Å². The lowest BCUT2D eigenvalue weighted by molar-refractivity contribution is -0.125. The Kier molecular flexibility index (Phi) is 7.74. The van der Waals surface area contributed by atoms with Crippen LogP contribution >= 0.6 is 24.8 Å². The molecule has 3 atom stereocenters. The molecule has 4 heterocycles. The molecule has 0 radical (unpaired) electrons. The van der Waals surface area contributed by atoms with Gasteiger partial charge in [-0.25, -0.2) is 0 Å². The number of halogens is 2. The Bertz CT molecular complexity index is 778. The standard InChI is InChI=1S/C18H27N7O.2ClH/c1-23-10-13(6-20-23)16-8-19-9-17(16)18(26)22-14-4-3-5-25(11-14)15-7-21-24(2)12-15;;/h6-7,10,12,14,16-17,19H,3-5,8-9,11H2,1-2H3,(H,22,26);2*1H/t14?,16-,17+;;/m1../s1. The van der Waals surface area contributed by atoms with Crippen molar-refractivity contribution in [3.8, 4) is 0 Å². The van der Waals surface area contributed by atoms with Gasteiger partial charge in [-0.2, -0.15) is 10.2 Å². The van der Waals surface area contributed by atoms with E-state index in [-0.39, 0.29) is 48.6 Å². The van der Waals surface area contributed by atoms with Crippen LogP contribution in [0.25, 0.3) is 0 Å². The third-order valence-electron chi connectivity index (χ3n) is 5.53.